The fourth-order valence-corrected chi connectivity index (χ4v) is 4.27. The molecule has 0 saturated heterocycles. The second-order valence-electron chi connectivity index (χ2n) is 7.56. The van der Waals surface area contributed by atoms with Gasteiger partial charge in [-0.2, -0.15) is 0 Å². The molecule has 4 unspecified atom stereocenters. The molecule has 3 rings (SSSR count). The highest BCUT2D eigenvalue weighted by atomic mass is 16.5. The van der Waals surface area contributed by atoms with Crippen molar-refractivity contribution in [3.05, 3.63) is 35.4 Å². The Hall–Kier alpha value is -0.860. The molecule has 0 radical (unpaired) electrons. The maximum Gasteiger partial charge on any atom is 0.106 e. The van der Waals surface area contributed by atoms with Gasteiger partial charge in [-0.15, -0.1) is 0 Å². The summed E-state index contributed by atoms with van der Waals surface area (Å²) < 4.78 is 6.30. The second-order valence-corrected chi connectivity index (χ2v) is 7.56. The highest BCUT2D eigenvalue weighted by Crippen LogP contribution is 2.42. The molecule has 20 heavy (non-hydrogen) atoms. The predicted octanol–water partition coefficient (Wildman–Crippen LogP) is 3.88. The molecule has 0 heterocycles. The van der Waals surface area contributed by atoms with Gasteiger partial charge in [0, 0.05) is 6.42 Å². The summed E-state index contributed by atoms with van der Waals surface area (Å²) in [5.74, 6) is 0.713. The minimum absolute atomic E-state index is 0.0569. The fourth-order valence-electron chi connectivity index (χ4n) is 4.27. The zero-order valence-corrected chi connectivity index (χ0v) is 12.8. The Balaban J connectivity index is 1.68. The van der Waals surface area contributed by atoms with Gasteiger partial charge < -0.3 is 9.84 Å². The molecule has 110 valence electrons. The van der Waals surface area contributed by atoms with Crippen molar-refractivity contribution in [1.29, 1.82) is 0 Å². The van der Waals surface area contributed by atoms with E-state index in [1.54, 1.807) is 0 Å². The van der Waals surface area contributed by atoms with Crippen LogP contribution in [0.1, 0.15) is 57.3 Å². The van der Waals surface area contributed by atoms with Gasteiger partial charge in [0.05, 0.1) is 12.2 Å². The molecule has 0 bridgehead atoms. The van der Waals surface area contributed by atoms with Crippen LogP contribution in [-0.2, 0) is 11.2 Å². The molecule has 1 aromatic rings. The summed E-state index contributed by atoms with van der Waals surface area (Å²) in [4.78, 5) is 0. The Bertz CT molecular complexity index is 480. The molecule has 0 aliphatic heterocycles. The Morgan fingerprint density at radius 3 is 2.65 bits per heavy atom. The lowest BCUT2D eigenvalue weighted by Crippen LogP contribution is -2.36. The van der Waals surface area contributed by atoms with E-state index in [1.165, 1.54) is 12.0 Å². The van der Waals surface area contributed by atoms with Crippen LogP contribution in [0, 0.1) is 11.3 Å². The first-order valence-electron chi connectivity index (χ1n) is 7.86. The minimum Gasteiger partial charge on any atom is -0.386 e. The Morgan fingerprint density at radius 2 is 1.95 bits per heavy atom. The first-order valence-corrected chi connectivity index (χ1v) is 7.86. The summed E-state index contributed by atoms with van der Waals surface area (Å²) in [6.07, 6.45) is 4.15. The van der Waals surface area contributed by atoms with Crippen LogP contribution >= 0.6 is 0 Å². The van der Waals surface area contributed by atoms with Crippen molar-refractivity contribution < 1.29 is 9.84 Å². The number of rotatable bonds is 2. The van der Waals surface area contributed by atoms with Gasteiger partial charge in [-0.1, -0.05) is 45.0 Å². The van der Waals surface area contributed by atoms with Crippen molar-refractivity contribution in [3.8, 4) is 0 Å². The summed E-state index contributed by atoms with van der Waals surface area (Å²) in [7, 11) is 0. The van der Waals surface area contributed by atoms with Gasteiger partial charge in [-0.25, -0.2) is 0 Å². The maximum atomic E-state index is 10.4. The fraction of sp³-hybridized carbons (Fsp3) is 0.667. The molecule has 1 N–H and O–H groups in total. The average Bonchev–Trinajstić information content (AvgIpc) is 2.64. The largest absolute Gasteiger partial charge is 0.386 e. The molecule has 2 aliphatic rings. The Kier molecular flexibility index (Phi) is 3.64. The normalized spacial score (nSPS) is 35.8. The van der Waals surface area contributed by atoms with Gasteiger partial charge in [0.2, 0.25) is 0 Å². The lowest BCUT2D eigenvalue weighted by Gasteiger charge is -2.40. The van der Waals surface area contributed by atoms with E-state index < -0.39 is 6.10 Å². The molecule has 2 nitrogen and oxygen atoms in total. The lowest BCUT2D eigenvalue weighted by atomic mass is 9.71. The predicted molar refractivity (Wildman–Crippen MR) is 80.6 cm³/mol. The van der Waals surface area contributed by atoms with Crippen molar-refractivity contribution in [2.75, 3.05) is 0 Å². The zero-order valence-electron chi connectivity index (χ0n) is 12.8. The Labute approximate surface area is 122 Å². The highest BCUT2D eigenvalue weighted by molar-refractivity contribution is 5.35. The van der Waals surface area contributed by atoms with E-state index in [2.05, 4.69) is 26.8 Å². The van der Waals surface area contributed by atoms with Crippen LogP contribution in [0.2, 0.25) is 0 Å². The van der Waals surface area contributed by atoms with E-state index in [1.807, 2.05) is 18.2 Å². The van der Waals surface area contributed by atoms with Gasteiger partial charge in [-0.3, -0.25) is 0 Å². The van der Waals surface area contributed by atoms with Crippen molar-refractivity contribution in [2.45, 2.75) is 64.8 Å². The van der Waals surface area contributed by atoms with E-state index in [-0.39, 0.29) is 6.10 Å². The van der Waals surface area contributed by atoms with Crippen LogP contribution in [-0.4, -0.2) is 17.3 Å². The number of benzene rings is 1. The molecule has 2 aliphatic carbocycles. The molecule has 1 fully saturated rings. The summed E-state index contributed by atoms with van der Waals surface area (Å²) in [5, 5.41) is 10.4. The first-order chi connectivity index (χ1) is 9.44. The number of hydrogen-bond acceptors (Lipinski definition) is 2. The van der Waals surface area contributed by atoms with Crippen LogP contribution in [0.5, 0.6) is 0 Å². The molecule has 2 heteroatoms. The highest BCUT2D eigenvalue weighted by Gasteiger charge is 2.37. The molecule has 0 amide bonds. The van der Waals surface area contributed by atoms with Gasteiger partial charge in [-0.05, 0) is 41.7 Å². The number of aliphatic hydroxyl groups is 1. The van der Waals surface area contributed by atoms with Gasteiger partial charge >= 0.3 is 0 Å². The lowest BCUT2D eigenvalue weighted by molar-refractivity contribution is -0.102. The summed E-state index contributed by atoms with van der Waals surface area (Å²) >= 11 is 0. The topological polar surface area (TPSA) is 29.5 Å². The molecular weight excluding hydrogens is 248 g/mol. The summed E-state index contributed by atoms with van der Waals surface area (Å²) in [5.41, 5.74) is 2.66. The number of hydrogen-bond donors (Lipinski definition) is 1. The third-order valence-corrected chi connectivity index (χ3v) is 4.86. The molecule has 1 aromatic carbocycles. The van der Waals surface area contributed by atoms with E-state index in [4.69, 9.17) is 4.74 Å². The molecule has 1 saturated carbocycles. The van der Waals surface area contributed by atoms with Gasteiger partial charge in [0.25, 0.3) is 0 Å². The first kappa shape index (κ1) is 14.1. The van der Waals surface area contributed by atoms with Crippen LogP contribution in [0.4, 0.5) is 0 Å². The van der Waals surface area contributed by atoms with Crippen LogP contribution < -0.4 is 0 Å². The number of fused-ring (bicyclic) bond motifs is 1. The molecule has 0 aromatic heterocycles. The van der Waals surface area contributed by atoms with E-state index in [0.717, 1.165) is 24.8 Å². The van der Waals surface area contributed by atoms with Crippen LogP contribution in [0.3, 0.4) is 0 Å². The minimum atomic E-state index is -0.452. The quantitative estimate of drug-likeness (QED) is 0.887. The molecular formula is C18H26O2. The smallest absolute Gasteiger partial charge is 0.106 e. The number of ether oxygens (including phenoxy) is 1. The average molecular weight is 274 g/mol. The van der Waals surface area contributed by atoms with E-state index in [0.29, 0.717) is 17.4 Å². The second kappa shape index (κ2) is 5.16. The van der Waals surface area contributed by atoms with Crippen molar-refractivity contribution >= 4 is 0 Å². The SMILES string of the molecule is CC1CC(OC2Cc3ccccc3C2O)CC(C)(C)C1. The maximum absolute atomic E-state index is 10.4. The third-order valence-electron chi connectivity index (χ3n) is 4.86. The van der Waals surface area contributed by atoms with Gasteiger partial charge in [0.15, 0.2) is 0 Å². The molecule has 0 spiro atoms. The van der Waals surface area contributed by atoms with Crippen molar-refractivity contribution in [2.24, 2.45) is 11.3 Å². The monoisotopic (exact) mass is 274 g/mol. The standard InChI is InChI=1S/C18H26O2/c1-12-8-14(11-18(2,3)10-12)20-16-9-13-6-4-5-7-15(13)17(16)19/h4-7,12,14,16-17,19H,8-11H2,1-3H3. The van der Waals surface area contributed by atoms with E-state index in [9.17, 15) is 5.11 Å². The Morgan fingerprint density at radius 1 is 1.20 bits per heavy atom. The zero-order chi connectivity index (χ0) is 14.3. The molecule has 4 atom stereocenters. The van der Waals surface area contributed by atoms with E-state index >= 15 is 0 Å². The van der Waals surface area contributed by atoms with Gasteiger partial charge in [0.1, 0.15) is 6.10 Å². The summed E-state index contributed by atoms with van der Waals surface area (Å²) in [6, 6.07) is 8.17. The van der Waals surface area contributed by atoms with Crippen molar-refractivity contribution in [1.82, 2.24) is 0 Å². The van der Waals surface area contributed by atoms with Crippen LogP contribution in [0.25, 0.3) is 0 Å². The third kappa shape index (κ3) is 2.77. The van der Waals surface area contributed by atoms with Crippen LogP contribution in [0.15, 0.2) is 24.3 Å². The summed E-state index contributed by atoms with van der Waals surface area (Å²) in [6.45, 7) is 6.98. The van der Waals surface area contributed by atoms with Crippen molar-refractivity contribution in [3.63, 3.8) is 0 Å². The number of aliphatic hydroxyl groups excluding tert-OH is 1.